The van der Waals surface area contributed by atoms with Crippen molar-refractivity contribution >= 4 is 30.0 Å². The third-order valence-corrected chi connectivity index (χ3v) is 1.27. The van der Waals surface area contributed by atoms with Gasteiger partial charge in [0.2, 0.25) is 0 Å². The highest BCUT2D eigenvalue weighted by molar-refractivity contribution is 6.30. The van der Waals surface area contributed by atoms with Gasteiger partial charge in [-0.1, -0.05) is 29.8 Å². The molecule has 74 valence electrons. The molecule has 13 heavy (non-hydrogen) atoms. The van der Waals surface area contributed by atoms with E-state index in [0.29, 0.717) is 0 Å². The molecule has 0 unspecified atom stereocenters. The fraction of sp³-hybridized carbons (Fsp3) is 0.222. The molecule has 1 aromatic rings. The Morgan fingerprint density at radius 3 is 1.85 bits per heavy atom. The molecule has 1 aromatic carbocycles. The quantitative estimate of drug-likeness (QED) is 0.632. The maximum Gasteiger partial charge on any atom is 0.302 e. The van der Waals surface area contributed by atoms with Gasteiger partial charge in [0.1, 0.15) is 0 Å². The molecule has 0 heterocycles. The molecule has 0 aromatic heterocycles. The fourth-order valence-corrected chi connectivity index (χ4v) is 0.560. The summed E-state index contributed by atoms with van der Waals surface area (Å²) in [7, 11) is 1.35. The average molecular weight is 223 g/mol. The average Bonchev–Trinajstić information content (AvgIpc) is 2.07. The Labute approximate surface area is 89.3 Å². The van der Waals surface area contributed by atoms with E-state index < -0.39 is 0 Å². The second kappa shape index (κ2) is 9.36. The summed E-state index contributed by atoms with van der Waals surface area (Å²) in [4.78, 5) is 9.59. The summed E-state index contributed by atoms with van der Waals surface area (Å²) in [6, 6.07) is 9.44. The number of ether oxygens (including phenoxy) is 1. The van der Waals surface area contributed by atoms with Crippen LogP contribution >= 0.6 is 24.0 Å². The first-order valence-corrected chi connectivity index (χ1v) is 3.79. The van der Waals surface area contributed by atoms with Crippen LogP contribution in [0.25, 0.3) is 0 Å². The zero-order valence-electron chi connectivity index (χ0n) is 7.49. The first-order valence-electron chi connectivity index (χ1n) is 3.42. The van der Waals surface area contributed by atoms with Gasteiger partial charge in [-0.3, -0.25) is 4.79 Å². The topological polar surface area (TPSA) is 26.3 Å². The molecule has 2 nitrogen and oxygen atoms in total. The van der Waals surface area contributed by atoms with Gasteiger partial charge < -0.3 is 4.74 Å². The molecule has 0 bridgehead atoms. The van der Waals surface area contributed by atoms with Crippen molar-refractivity contribution in [1.29, 1.82) is 0 Å². The number of benzene rings is 1. The monoisotopic (exact) mass is 222 g/mol. The molecule has 0 aliphatic carbocycles. The van der Waals surface area contributed by atoms with Gasteiger partial charge in [-0.05, 0) is 12.1 Å². The molecule has 0 saturated carbocycles. The highest BCUT2D eigenvalue weighted by Gasteiger charge is 1.75. The smallest absolute Gasteiger partial charge is 0.302 e. The standard InChI is InChI=1S/C6H5Cl.C3H6O2.ClH/c7-6-4-2-1-3-5-6;1-3(4)5-2;/h1-5H;1-2H3;1H. The largest absolute Gasteiger partial charge is 0.469 e. The van der Waals surface area contributed by atoms with Gasteiger partial charge in [-0.15, -0.1) is 12.4 Å². The Hall–Kier alpha value is -0.730. The van der Waals surface area contributed by atoms with E-state index >= 15 is 0 Å². The summed E-state index contributed by atoms with van der Waals surface area (Å²) >= 11 is 5.54. The first kappa shape index (κ1) is 14.8. The Balaban J connectivity index is 0. The first-order chi connectivity index (χ1) is 5.66. The van der Waals surface area contributed by atoms with Gasteiger partial charge in [-0.2, -0.15) is 0 Å². The number of rotatable bonds is 0. The number of carbonyl (C=O) groups excluding carboxylic acids is 1. The number of hydrogen-bond acceptors (Lipinski definition) is 2. The Bertz CT molecular complexity index is 224. The lowest BCUT2D eigenvalue weighted by molar-refractivity contribution is -0.137. The van der Waals surface area contributed by atoms with Gasteiger partial charge in [0, 0.05) is 11.9 Å². The molecule has 0 atom stereocenters. The second-order valence-corrected chi connectivity index (χ2v) is 2.43. The van der Waals surface area contributed by atoms with Crippen LogP contribution in [0.5, 0.6) is 0 Å². The van der Waals surface area contributed by atoms with Crippen molar-refractivity contribution in [1.82, 2.24) is 0 Å². The van der Waals surface area contributed by atoms with E-state index in [1.165, 1.54) is 14.0 Å². The van der Waals surface area contributed by atoms with Crippen molar-refractivity contribution in [2.45, 2.75) is 6.92 Å². The van der Waals surface area contributed by atoms with E-state index in [2.05, 4.69) is 4.74 Å². The maximum atomic E-state index is 9.59. The van der Waals surface area contributed by atoms with Gasteiger partial charge in [-0.25, -0.2) is 0 Å². The summed E-state index contributed by atoms with van der Waals surface area (Å²) in [5.74, 6) is -0.245. The SMILES string of the molecule is COC(C)=O.Cl.Clc1ccccc1. The molecule has 0 aliphatic heterocycles. The molecular formula is C9H12Cl2O2. The van der Waals surface area contributed by atoms with Crippen LogP contribution in [0, 0.1) is 0 Å². The van der Waals surface area contributed by atoms with Gasteiger partial charge in [0.05, 0.1) is 7.11 Å². The number of esters is 1. The highest BCUT2D eigenvalue weighted by Crippen LogP contribution is 2.03. The van der Waals surface area contributed by atoms with Crippen molar-refractivity contribution in [3.8, 4) is 0 Å². The van der Waals surface area contributed by atoms with Gasteiger partial charge in [0.25, 0.3) is 0 Å². The minimum absolute atomic E-state index is 0. The summed E-state index contributed by atoms with van der Waals surface area (Å²) in [5.41, 5.74) is 0. The predicted molar refractivity (Wildman–Crippen MR) is 56.4 cm³/mol. The maximum absolute atomic E-state index is 9.59. The second-order valence-electron chi connectivity index (χ2n) is 1.99. The third kappa shape index (κ3) is 11.3. The van der Waals surface area contributed by atoms with Crippen LogP contribution in [0.1, 0.15) is 6.92 Å². The van der Waals surface area contributed by atoms with Crippen LogP contribution < -0.4 is 0 Å². The molecule has 0 spiro atoms. The molecule has 0 radical (unpaired) electrons. The van der Waals surface area contributed by atoms with Crippen molar-refractivity contribution in [3.05, 3.63) is 35.4 Å². The van der Waals surface area contributed by atoms with E-state index in [-0.39, 0.29) is 18.4 Å². The van der Waals surface area contributed by atoms with E-state index in [1.807, 2.05) is 30.3 Å². The van der Waals surface area contributed by atoms with Crippen molar-refractivity contribution in [2.75, 3.05) is 7.11 Å². The van der Waals surface area contributed by atoms with Gasteiger partial charge in [0.15, 0.2) is 0 Å². The van der Waals surface area contributed by atoms with E-state index in [4.69, 9.17) is 11.6 Å². The minimum atomic E-state index is -0.245. The summed E-state index contributed by atoms with van der Waals surface area (Å²) in [6.45, 7) is 1.36. The molecule has 0 fully saturated rings. The lowest BCUT2D eigenvalue weighted by Gasteiger charge is -1.80. The van der Waals surface area contributed by atoms with Crippen molar-refractivity contribution < 1.29 is 9.53 Å². The number of halogens is 2. The van der Waals surface area contributed by atoms with E-state index in [9.17, 15) is 4.79 Å². The fourth-order valence-electron chi connectivity index (χ4n) is 0.415. The van der Waals surface area contributed by atoms with Crippen LogP contribution in [-0.2, 0) is 9.53 Å². The lowest BCUT2D eigenvalue weighted by atomic mass is 10.4. The van der Waals surface area contributed by atoms with E-state index in [0.717, 1.165) is 5.02 Å². The van der Waals surface area contributed by atoms with Crippen LogP contribution in [0.15, 0.2) is 30.3 Å². The van der Waals surface area contributed by atoms with E-state index in [1.54, 1.807) is 0 Å². The Morgan fingerprint density at radius 1 is 1.31 bits per heavy atom. The molecule has 0 saturated heterocycles. The zero-order chi connectivity index (χ0) is 9.40. The van der Waals surface area contributed by atoms with Crippen LogP contribution in [-0.4, -0.2) is 13.1 Å². The van der Waals surface area contributed by atoms with Crippen LogP contribution in [0.4, 0.5) is 0 Å². The predicted octanol–water partition coefficient (Wildman–Crippen LogP) is 2.94. The molecular weight excluding hydrogens is 211 g/mol. The zero-order valence-corrected chi connectivity index (χ0v) is 9.06. The normalized spacial score (nSPS) is 7.31. The lowest BCUT2D eigenvalue weighted by Crippen LogP contribution is -1.88. The Kier molecular flexibility index (Phi) is 10.6. The molecule has 1 rings (SSSR count). The molecule has 0 N–H and O–H groups in total. The van der Waals surface area contributed by atoms with Crippen LogP contribution in [0.2, 0.25) is 5.02 Å². The summed E-state index contributed by atoms with van der Waals surface area (Å²) < 4.78 is 4.11. The van der Waals surface area contributed by atoms with Crippen LogP contribution in [0.3, 0.4) is 0 Å². The van der Waals surface area contributed by atoms with Crippen molar-refractivity contribution in [3.63, 3.8) is 0 Å². The molecule has 0 aliphatic rings. The summed E-state index contributed by atoms with van der Waals surface area (Å²) in [5, 5.41) is 0.794. The Morgan fingerprint density at radius 2 is 1.69 bits per heavy atom. The number of carbonyl (C=O) groups is 1. The number of hydrogen-bond donors (Lipinski definition) is 0. The highest BCUT2D eigenvalue weighted by atomic mass is 35.5. The summed E-state index contributed by atoms with van der Waals surface area (Å²) in [6.07, 6.45) is 0. The van der Waals surface area contributed by atoms with Gasteiger partial charge >= 0.3 is 5.97 Å². The minimum Gasteiger partial charge on any atom is -0.469 e. The van der Waals surface area contributed by atoms with Crippen molar-refractivity contribution in [2.24, 2.45) is 0 Å². The number of methoxy groups -OCH3 is 1. The molecule has 4 heteroatoms. The third-order valence-electron chi connectivity index (χ3n) is 1.02. The molecule has 0 amide bonds.